The third-order valence-electron chi connectivity index (χ3n) is 4.78. The zero-order valence-corrected chi connectivity index (χ0v) is 14.8. The minimum atomic E-state index is -0.402. The number of hydrogen-bond donors (Lipinski definition) is 0. The van der Waals surface area contributed by atoms with Crippen LogP contribution in [0.3, 0.4) is 0 Å². The minimum absolute atomic E-state index is 0.307. The summed E-state index contributed by atoms with van der Waals surface area (Å²) in [6.07, 6.45) is 6.04. The molecule has 0 radical (unpaired) electrons. The first-order valence-electron chi connectivity index (χ1n) is 9.02. The van der Waals surface area contributed by atoms with Gasteiger partial charge in [-0.05, 0) is 48.8 Å². The van der Waals surface area contributed by atoms with Crippen LogP contribution < -0.4 is 4.74 Å². The third kappa shape index (κ3) is 3.84. The lowest BCUT2D eigenvalue weighted by atomic mass is 9.81. The number of ether oxygens (including phenoxy) is 2. The second-order valence-electron chi connectivity index (χ2n) is 6.57. The van der Waals surface area contributed by atoms with E-state index in [-0.39, 0.29) is 5.97 Å². The van der Waals surface area contributed by atoms with E-state index < -0.39 is 5.97 Å². The molecule has 0 saturated heterocycles. The van der Waals surface area contributed by atoms with Crippen LogP contribution in [0.5, 0.6) is 5.75 Å². The number of esters is 2. The Bertz CT molecular complexity index is 788. The van der Waals surface area contributed by atoms with Gasteiger partial charge in [-0.3, -0.25) is 4.79 Å². The molecule has 0 aliphatic heterocycles. The lowest BCUT2D eigenvalue weighted by Crippen LogP contribution is -2.10. The minimum Gasteiger partial charge on any atom is -0.462 e. The molecular formula is C21H24O4. The summed E-state index contributed by atoms with van der Waals surface area (Å²) in [4.78, 5) is 23.8. The Morgan fingerprint density at radius 1 is 1.12 bits per heavy atom. The van der Waals surface area contributed by atoms with Gasteiger partial charge in [-0.15, -0.1) is 0 Å². The van der Waals surface area contributed by atoms with Crippen LogP contribution in [0.15, 0.2) is 30.3 Å². The third-order valence-corrected chi connectivity index (χ3v) is 4.78. The summed E-state index contributed by atoms with van der Waals surface area (Å²) < 4.78 is 10.6. The Balaban J connectivity index is 2.15. The van der Waals surface area contributed by atoms with Gasteiger partial charge in [-0.2, -0.15) is 0 Å². The molecule has 25 heavy (non-hydrogen) atoms. The first-order chi connectivity index (χ1) is 12.1. The second-order valence-corrected chi connectivity index (χ2v) is 6.57. The number of rotatable bonds is 4. The van der Waals surface area contributed by atoms with Gasteiger partial charge in [0.05, 0.1) is 12.2 Å². The number of carbonyl (C=O) groups excluding carboxylic acids is 2. The average Bonchev–Trinajstić information content (AvgIpc) is 2.61. The molecule has 0 unspecified atom stereocenters. The van der Waals surface area contributed by atoms with E-state index in [9.17, 15) is 9.59 Å². The van der Waals surface area contributed by atoms with Crippen molar-refractivity contribution in [3.8, 4) is 5.75 Å². The van der Waals surface area contributed by atoms with Crippen LogP contribution in [0.1, 0.15) is 67.8 Å². The largest absolute Gasteiger partial charge is 0.462 e. The smallest absolute Gasteiger partial charge is 0.338 e. The van der Waals surface area contributed by atoms with Crippen molar-refractivity contribution in [2.45, 2.75) is 51.9 Å². The lowest BCUT2D eigenvalue weighted by Gasteiger charge is -2.24. The van der Waals surface area contributed by atoms with Crippen LogP contribution in [0.4, 0.5) is 0 Å². The number of hydrogen-bond acceptors (Lipinski definition) is 4. The van der Waals surface area contributed by atoms with Crippen molar-refractivity contribution < 1.29 is 19.1 Å². The van der Waals surface area contributed by atoms with E-state index in [4.69, 9.17) is 9.47 Å². The second kappa shape index (κ2) is 7.68. The first kappa shape index (κ1) is 17.5. The van der Waals surface area contributed by atoms with Crippen LogP contribution in [0.25, 0.3) is 10.8 Å². The Kier molecular flexibility index (Phi) is 5.37. The van der Waals surface area contributed by atoms with E-state index >= 15 is 0 Å². The average molecular weight is 340 g/mol. The summed E-state index contributed by atoms with van der Waals surface area (Å²) in [7, 11) is 0. The van der Waals surface area contributed by atoms with E-state index in [1.165, 1.54) is 31.7 Å². The molecule has 0 N–H and O–H groups in total. The van der Waals surface area contributed by atoms with Gasteiger partial charge >= 0.3 is 11.9 Å². The molecule has 0 aromatic heterocycles. The van der Waals surface area contributed by atoms with Gasteiger partial charge < -0.3 is 9.47 Å². The van der Waals surface area contributed by atoms with Crippen LogP contribution >= 0.6 is 0 Å². The van der Waals surface area contributed by atoms with Gasteiger partial charge in [-0.1, -0.05) is 37.5 Å². The maximum atomic E-state index is 12.2. The summed E-state index contributed by atoms with van der Waals surface area (Å²) in [5, 5.41) is 1.85. The molecule has 1 fully saturated rings. The summed E-state index contributed by atoms with van der Waals surface area (Å²) in [6, 6.07) is 9.55. The zero-order chi connectivity index (χ0) is 17.8. The molecule has 3 rings (SSSR count). The topological polar surface area (TPSA) is 52.6 Å². The Morgan fingerprint density at radius 2 is 1.88 bits per heavy atom. The maximum absolute atomic E-state index is 12.2. The molecule has 0 atom stereocenters. The molecule has 0 bridgehead atoms. The molecule has 0 spiro atoms. The first-order valence-corrected chi connectivity index (χ1v) is 9.02. The normalized spacial score (nSPS) is 15.1. The van der Waals surface area contributed by atoms with Crippen molar-refractivity contribution in [2.24, 2.45) is 0 Å². The summed E-state index contributed by atoms with van der Waals surface area (Å²) in [5.74, 6) is 0.135. The molecule has 1 saturated carbocycles. The summed E-state index contributed by atoms with van der Waals surface area (Å²) >= 11 is 0. The molecule has 4 heteroatoms. The van der Waals surface area contributed by atoms with E-state index in [1.807, 2.05) is 18.2 Å². The van der Waals surface area contributed by atoms with E-state index in [0.29, 0.717) is 23.8 Å². The highest BCUT2D eigenvalue weighted by molar-refractivity contribution is 6.00. The highest BCUT2D eigenvalue weighted by Gasteiger charge is 2.21. The fourth-order valence-electron chi connectivity index (χ4n) is 3.74. The predicted octanol–water partition coefficient (Wildman–Crippen LogP) is 4.99. The quantitative estimate of drug-likeness (QED) is 0.581. The van der Waals surface area contributed by atoms with Crippen molar-refractivity contribution in [1.29, 1.82) is 0 Å². The summed E-state index contributed by atoms with van der Waals surface area (Å²) in [6.45, 7) is 3.46. The van der Waals surface area contributed by atoms with E-state index in [2.05, 4.69) is 6.07 Å². The van der Waals surface area contributed by atoms with E-state index in [0.717, 1.165) is 23.6 Å². The Morgan fingerprint density at radius 3 is 2.56 bits per heavy atom. The van der Waals surface area contributed by atoms with Crippen molar-refractivity contribution >= 4 is 22.7 Å². The monoisotopic (exact) mass is 340 g/mol. The van der Waals surface area contributed by atoms with Crippen LogP contribution in [0, 0.1) is 0 Å². The molecule has 2 aromatic carbocycles. The molecule has 0 heterocycles. The van der Waals surface area contributed by atoms with Crippen molar-refractivity contribution in [3.05, 3.63) is 41.5 Å². The lowest BCUT2D eigenvalue weighted by molar-refractivity contribution is -0.131. The van der Waals surface area contributed by atoms with Gasteiger partial charge in [-0.25, -0.2) is 4.79 Å². The van der Waals surface area contributed by atoms with Crippen molar-refractivity contribution in [2.75, 3.05) is 6.61 Å². The zero-order valence-electron chi connectivity index (χ0n) is 14.8. The predicted molar refractivity (Wildman–Crippen MR) is 97.0 cm³/mol. The Hall–Kier alpha value is -2.36. The van der Waals surface area contributed by atoms with Crippen LogP contribution in [0.2, 0.25) is 0 Å². The molecular weight excluding hydrogens is 316 g/mol. The molecule has 2 aromatic rings. The number of carbonyl (C=O) groups is 2. The van der Waals surface area contributed by atoms with Gasteiger partial charge in [0, 0.05) is 12.3 Å². The number of fused-ring (bicyclic) bond motifs is 1. The van der Waals surface area contributed by atoms with Gasteiger partial charge in [0.1, 0.15) is 5.75 Å². The van der Waals surface area contributed by atoms with Crippen molar-refractivity contribution in [1.82, 2.24) is 0 Å². The van der Waals surface area contributed by atoms with Gasteiger partial charge in [0.15, 0.2) is 0 Å². The van der Waals surface area contributed by atoms with Crippen molar-refractivity contribution in [3.63, 3.8) is 0 Å². The van der Waals surface area contributed by atoms with Crippen LogP contribution in [-0.4, -0.2) is 18.5 Å². The maximum Gasteiger partial charge on any atom is 0.338 e. The molecule has 1 aliphatic carbocycles. The summed E-state index contributed by atoms with van der Waals surface area (Å²) in [5.41, 5.74) is 1.62. The Labute approximate surface area is 148 Å². The van der Waals surface area contributed by atoms with E-state index in [1.54, 1.807) is 13.0 Å². The highest BCUT2D eigenvalue weighted by Crippen LogP contribution is 2.40. The molecule has 1 aliphatic rings. The fraction of sp³-hybridized carbons (Fsp3) is 0.429. The number of benzene rings is 2. The van der Waals surface area contributed by atoms with Gasteiger partial charge in [0.2, 0.25) is 0 Å². The van der Waals surface area contributed by atoms with Crippen LogP contribution in [-0.2, 0) is 9.53 Å². The van der Waals surface area contributed by atoms with Gasteiger partial charge in [0.25, 0.3) is 0 Å². The fourth-order valence-corrected chi connectivity index (χ4v) is 3.74. The standard InChI is InChI=1S/C21H24O4/c1-3-24-21(23)17-12-16-10-7-11-18(15-8-5-4-6-9-15)20(16)19(13-17)25-14(2)22/h7,10-13,15H,3-6,8-9H2,1-2H3. The molecule has 4 nitrogen and oxygen atoms in total. The SMILES string of the molecule is CCOC(=O)c1cc(OC(C)=O)c2c(C3CCCCC3)cccc2c1. The highest BCUT2D eigenvalue weighted by atomic mass is 16.5. The molecule has 132 valence electrons. The molecule has 0 amide bonds.